The Labute approximate surface area is 123 Å². The molecular weight excluding hydrogens is 264 g/mol. The highest BCUT2D eigenvalue weighted by Gasteiger charge is 2.23. The van der Waals surface area contributed by atoms with Gasteiger partial charge in [0, 0.05) is 11.6 Å². The first-order valence-corrected chi connectivity index (χ1v) is 6.80. The number of methoxy groups -OCH3 is 1. The number of fused-ring (bicyclic) bond motifs is 1. The van der Waals surface area contributed by atoms with Gasteiger partial charge < -0.3 is 9.47 Å². The number of carbonyl (C=O) groups excluding carboxylic acids is 1. The minimum absolute atomic E-state index is 0.0134. The number of Topliss-reactive ketones (excluding diaryl/α,β-unsaturated/α-hetero) is 1. The highest BCUT2D eigenvalue weighted by Crippen LogP contribution is 2.31. The van der Waals surface area contributed by atoms with Crippen LogP contribution in [-0.2, 0) is 0 Å². The fourth-order valence-electron chi connectivity index (χ4n) is 2.30. The van der Waals surface area contributed by atoms with Gasteiger partial charge in [0.1, 0.15) is 18.1 Å². The molecule has 0 aliphatic carbocycles. The summed E-state index contributed by atoms with van der Waals surface area (Å²) in [6.45, 7) is 2.32. The molecule has 0 saturated carbocycles. The Kier molecular flexibility index (Phi) is 3.48. The Morgan fingerprint density at radius 1 is 1.14 bits per heavy atom. The van der Waals surface area contributed by atoms with Crippen LogP contribution in [0, 0.1) is 6.92 Å². The van der Waals surface area contributed by atoms with Gasteiger partial charge in [0.05, 0.1) is 12.7 Å². The molecule has 1 aliphatic heterocycles. The monoisotopic (exact) mass is 280 g/mol. The lowest BCUT2D eigenvalue weighted by Crippen LogP contribution is -2.19. The van der Waals surface area contributed by atoms with Crippen LogP contribution >= 0.6 is 0 Å². The fraction of sp³-hybridized carbons (Fsp3) is 0.167. The van der Waals surface area contributed by atoms with Gasteiger partial charge in [-0.15, -0.1) is 0 Å². The Bertz CT molecular complexity index is 712. The molecule has 106 valence electrons. The maximum atomic E-state index is 12.5. The fourth-order valence-corrected chi connectivity index (χ4v) is 2.30. The summed E-state index contributed by atoms with van der Waals surface area (Å²) in [7, 11) is 1.59. The third-order valence-corrected chi connectivity index (χ3v) is 3.53. The maximum absolute atomic E-state index is 12.5. The van der Waals surface area contributed by atoms with Crippen molar-refractivity contribution in [1.82, 2.24) is 0 Å². The second kappa shape index (κ2) is 5.44. The van der Waals surface area contributed by atoms with E-state index in [1.54, 1.807) is 25.3 Å². The van der Waals surface area contributed by atoms with Gasteiger partial charge in [0.15, 0.2) is 5.78 Å². The van der Waals surface area contributed by atoms with E-state index in [4.69, 9.17) is 9.47 Å². The largest absolute Gasteiger partial charge is 0.497 e. The lowest BCUT2D eigenvalue weighted by molar-refractivity contribution is 0.100. The Morgan fingerprint density at radius 2 is 1.90 bits per heavy atom. The molecule has 2 aromatic rings. The molecule has 0 unspecified atom stereocenters. The minimum atomic E-state index is 0.0134. The van der Waals surface area contributed by atoms with Crippen molar-refractivity contribution in [2.24, 2.45) is 0 Å². The van der Waals surface area contributed by atoms with E-state index in [-0.39, 0.29) is 12.4 Å². The van der Waals surface area contributed by atoms with Crippen molar-refractivity contribution in [3.05, 3.63) is 64.7 Å². The number of ketones is 1. The van der Waals surface area contributed by atoms with Gasteiger partial charge >= 0.3 is 0 Å². The SMILES string of the molecule is COc1ccc2c(c1)OC/C(=C\c1ccc(C)cc1)C2=O. The molecule has 0 radical (unpaired) electrons. The molecule has 0 spiro atoms. The number of rotatable bonds is 2. The van der Waals surface area contributed by atoms with Gasteiger partial charge in [-0.1, -0.05) is 29.8 Å². The second-order valence-corrected chi connectivity index (χ2v) is 5.06. The van der Waals surface area contributed by atoms with Crippen molar-refractivity contribution >= 4 is 11.9 Å². The van der Waals surface area contributed by atoms with Crippen LogP contribution < -0.4 is 9.47 Å². The average molecular weight is 280 g/mol. The van der Waals surface area contributed by atoms with E-state index >= 15 is 0 Å². The zero-order chi connectivity index (χ0) is 14.8. The second-order valence-electron chi connectivity index (χ2n) is 5.06. The number of ether oxygens (including phenoxy) is 2. The third-order valence-electron chi connectivity index (χ3n) is 3.53. The third kappa shape index (κ3) is 2.68. The van der Waals surface area contributed by atoms with E-state index in [2.05, 4.69) is 0 Å². The summed E-state index contributed by atoms with van der Waals surface area (Å²) in [5, 5.41) is 0. The summed E-state index contributed by atoms with van der Waals surface area (Å²) in [5.74, 6) is 1.28. The van der Waals surface area contributed by atoms with Gasteiger partial charge in [-0.25, -0.2) is 0 Å². The predicted molar refractivity (Wildman–Crippen MR) is 82.0 cm³/mol. The highest BCUT2D eigenvalue weighted by atomic mass is 16.5. The van der Waals surface area contributed by atoms with Crippen LogP contribution in [0.15, 0.2) is 48.0 Å². The first kappa shape index (κ1) is 13.4. The molecule has 21 heavy (non-hydrogen) atoms. The van der Waals surface area contributed by atoms with Gasteiger partial charge in [-0.2, -0.15) is 0 Å². The number of hydrogen-bond donors (Lipinski definition) is 0. The molecule has 0 amide bonds. The van der Waals surface area contributed by atoms with Crippen molar-refractivity contribution in [3.8, 4) is 11.5 Å². The van der Waals surface area contributed by atoms with Crippen molar-refractivity contribution in [1.29, 1.82) is 0 Å². The van der Waals surface area contributed by atoms with E-state index in [1.807, 2.05) is 37.3 Å². The van der Waals surface area contributed by atoms with Crippen LogP contribution in [0.5, 0.6) is 11.5 Å². The van der Waals surface area contributed by atoms with Crippen LogP contribution in [0.1, 0.15) is 21.5 Å². The highest BCUT2D eigenvalue weighted by molar-refractivity contribution is 6.14. The molecule has 0 fully saturated rings. The van der Waals surface area contributed by atoms with Crippen molar-refractivity contribution < 1.29 is 14.3 Å². The van der Waals surface area contributed by atoms with Crippen molar-refractivity contribution in [2.75, 3.05) is 13.7 Å². The summed E-state index contributed by atoms with van der Waals surface area (Å²) in [6, 6.07) is 13.3. The Morgan fingerprint density at radius 3 is 2.62 bits per heavy atom. The van der Waals surface area contributed by atoms with Gasteiger partial charge in [-0.05, 0) is 30.7 Å². The van der Waals surface area contributed by atoms with Gasteiger partial charge in [-0.3, -0.25) is 4.79 Å². The normalized spacial score (nSPS) is 15.5. The number of aryl methyl sites for hydroxylation is 1. The van der Waals surface area contributed by atoms with E-state index in [9.17, 15) is 4.79 Å². The molecular formula is C18H16O3. The summed E-state index contributed by atoms with van der Waals surface area (Å²) in [4.78, 5) is 12.5. The van der Waals surface area contributed by atoms with E-state index in [0.29, 0.717) is 22.6 Å². The first-order chi connectivity index (χ1) is 10.2. The topological polar surface area (TPSA) is 35.5 Å². The zero-order valence-corrected chi connectivity index (χ0v) is 12.1. The molecule has 0 N–H and O–H groups in total. The van der Waals surface area contributed by atoms with Crippen molar-refractivity contribution in [3.63, 3.8) is 0 Å². The molecule has 2 aromatic carbocycles. The van der Waals surface area contributed by atoms with Crippen LogP contribution in [0.25, 0.3) is 6.08 Å². The summed E-state index contributed by atoms with van der Waals surface area (Å²) in [6.07, 6.45) is 1.88. The average Bonchev–Trinajstić information content (AvgIpc) is 2.52. The predicted octanol–water partition coefficient (Wildman–Crippen LogP) is 3.66. The zero-order valence-electron chi connectivity index (χ0n) is 12.1. The number of benzene rings is 2. The number of hydrogen-bond acceptors (Lipinski definition) is 3. The van der Waals surface area contributed by atoms with Crippen LogP contribution in [0.3, 0.4) is 0 Å². The van der Waals surface area contributed by atoms with Crippen LogP contribution in [0.4, 0.5) is 0 Å². The number of carbonyl (C=O) groups is 1. The molecule has 0 bridgehead atoms. The lowest BCUT2D eigenvalue weighted by Gasteiger charge is -2.19. The smallest absolute Gasteiger partial charge is 0.196 e. The maximum Gasteiger partial charge on any atom is 0.196 e. The molecule has 0 atom stereocenters. The molecule has 3 rings (SSSR count). The molecule has 0 saturated heterocycles. The first-order valence-electron chi connectivity index (χ1n) is 6.80. The lowest BCUT2D eigenvalue weighted by atomic mass is 9.98. The van der Waals surface area contributed by atoms with Gasteiger partial charge in [0.2, 0.25) is 0 Å². The van der Waals surface area contributed by atoms with E-state index < -0.39 is 0 Å². The molecule has 1 aliphatic rings. The van der Waals surface area contributed by atoms with Crippen LogP contribution in [-0.4, -0.2) is 19.5 Å². The standard InChI is InChI=1S/C18H16O3/c1-12-3-5-13(6-4-12)9-14-11-21-17-10-15(20-2)7-8-16(17)18(14)19/h3-10H,11H2,1-2H3/b14-9+. The van der Waals surface area contributed by atoms with Gasteiger partial charge in [0.25, 0.3) is 0 Å². The van der Waals surface area contributed by atoms with Crippen molar-refractivity contribution in [2.45, 2.75) is 6.92 Å². The van der Waals surface area contributed by atoms with E-state index in [0.717, 1.165) is 5.56 Å². The molecule has 3 nitrogen and oxygen atoms in total. The summed E-state index contributed by atoms with van der Waals surface area (Å²) < 4.78 is 10.8. The van der Waals surface area contributed by atoms with E-state index in [1.165, 1.54) is 5.56 Å². The Balaban J connectivity index is 1.93. The van der Waals surface area contributed by atoms with Crippen LogP contribution in [0.2, 0.25) is 0 Å². The molecule has 1 heterocycles. The Hall–Kier alpha value is -2.55. The minimum Gasteiger partial charge on any atom is -0.497 e. The summed E-state index contributed by atoms with van der Waals surface area (Å²) >= 11 is 0. The quantitative estimate of drug-likeness (QED) is 0.787. The molecule has 0 aromatic heterocycles. The summed E-state index contributed by atoms with van der Waals surface area (Å²) in [5.41, 5.74) is 3.45. The molecule has 3 heteroatoms.